The van der Waals surface area contributed by atoms with Gasteiger partial charge in [0.15, 0.2) is 0 Å². The van der Waals surface area contributed by atoms with Crippen LogP contribution in [0.25, 0.3) is 0 Å². The molecule has 1 atom stereocenters. The number of hydrogen-bond donors (Lipinski definition) is 1. The first kappa shape index (κ1) is 15.6. The van der Waals surface area contributed by atoms with Crippen molar-refractivity contribution in [3.05, 3.63) is 71.3 Å². The molecule has 112 valence electrons. The lowest BCUT2D eigenvalue weighted by atomic mass is 10.0. The van der Waals surface area contributed by atoms with Crippen LogP contribution in [0, 0.1) is 0 Å². The maximum atomic E-state index is 12.9. The zero-order valence-corrected chi connectivity index (χ0v) is 11.8. The van der Waals surface area contributed by atoms with Crippen LogP contribution in [0.5, 0.6) is 0 Å². The highest BCUT2D eigenvalue weighted by atomic mass is 19.4. The molecule has 0 aliphatic heterocycles. The summed E-state index contributed by atoms with van der Waals surface area (Å²) in [5, 5.41) is 3.26. The molecule has 1 unspecified atom stereocenters. The van der Waals surface area contributed by atoms with Crippen LogP contribution < -0.4 is 5.32 Å². The van der Waals surface area contributed by atoms with Crippen LogP contribution in [0.1, 0.15) is 23.6 Å². The summed E-state index contributed by atoms with van der Waals surface area (Å²) in [4.78, 5) is 0. The minimum Gasteiger partial charge on any atom is -0.310 e. The molecule has 0 amide bonds. The van der Waals surface area contributed by atoms with Crippen LogP contribution >= 0.6 is 0 Å². The third-order valence-electron chi connectivity index (χ3n) is 3.35. The highest BCUT2D eigenvalue weighted by molar-refractivity contribution is 5.30. The second kappa shape index (κ2) is 6.76. The van der Waals surface area contributed by atoms with Crippen molar-refractivity contribution in [1.29, 1.82) is 0 Å². The molecule has 0 aliphatic carbocycles. The maximum absolute atomic E-state index is 12.9. The van der Waals surface area contributed by atoms with E-state index in [2.05, 4.69) is 5.32 Å². The third kappa shape index (κ3) is 4.60. The van der Waals surface area contributed by atoms with Gasteiger partial charge in [-0.25, -0.2) is 0 Å². The minimum atomic E-state index is -4.30. The van der Waals surface area contributed by atoms with Crippen LogP contribution in [-0.2, 0) is 19.1 Å². The van der Waals surface area contributed by atoms with Crippen molar-refractivity contribution in [3.63, 3.8) is 0 Å². The van der Waals surface area contributed by atoms with Gasteiger partial charge in [-0.05, 0) is 30.5 Å². The zero-order valence-electron chi connectivity index (χ0n) is 11.8. The molecule has 2 aromatic carbocycles. The number of hydrogen-bond acceptors (Lipinski definition) is 1. The minimum absolute atomic E-state index is 0.0336. The summed E-state index contributed by atoms with van der Waals surface area (Å²) in [6.45, 7) is 2.55. The number of rotatable bonds is 5. The fraction of sp³-hybridized carbons (Fsp3) is 0.294. The Bertz CT molecular complexity index is 564. The van der Waals surface area contributed by atoms with Gasteiger partial charge in [-0.2, -0.15) is 13.2 Å². The Kier molecular flexibility index (Phi) is 5.02. The van der Waals surface area contributed by atoms with Gasteiger partial charge >= 0.3 is 6.18 Å². The predicted octanol–water partition coefficient (Wildman–Crippen LogP) is 4.43. The highest BCUT2D eigenvalue weighted by Gasteiger charge is 2.32. The Morgan fingerprint density at radius 3 is 2.24 bits per heavy atom. The van der Waals surface area contributed by atoms with Gasteiger partial charge in [-0.3, -0.25) is 0 Å². The molecule has 2 aromatic rings. The largest absolute Gasteiger partial charge is 0.416 e. The average Bonchev–Trinajstić information content (AvgIpc) is 2.46. The molecule has 0 bridgehead atoms. The van der Waals surface area contributed by atoms with Gasteiger partial charge < -0.3 is 5.32 Å². The molecule has 0 saturated carbocycles. The van der Waals surface area contributed by atoms with E-state index in [9.17, 15) is 13.2 Å². The van der Waals surface area contributed by atoms with Gasteiger partial charge in [0, 0.05) is 12.6 Å². The van der Waals surface area contributed by atoms with E-state index in [4.69, 9.17) is 0 Å². The summed E-state index contributed by atoms with van der Waals surface area (Å²) >= 11 is 0. The Hall–Kier alpha value is -1.81. The number of halogens is 3. The van der Waals surface area contributed by atoms with E-state index in [1.807, 2.05) is 37.3 Å². The zero-order chi connectivity index (χ0) is 15.3. The summed E-state index contributed by atoms with van der Waals surface area (Å²) < 4.78 is 38.8. The first-order chi connectivity index (χ1) is 9.97. The molecule has 0 radical (unpaired) electrons. The van der Waals surface area contributed by atoms with Crippen molar-refractivity contribution in [3.8, 4) is 0 Å². The van der Waals surface area contributed by atoms with Crippen LogP contribution in [0.3, 0.4) is 0 Å². The molecule has 1 nitrogen and oxygen atoms in total. The van der Waals surface area contributed by atoms with Crippen LogP contribution in [0.4, 0.5) is 13.2 Å². The Morgan fingerprint density at radius 1 is 0.952 bits per heavy atom. The monoisotopic (exact) mass is 293 g/mol. The van der Waals surface area contributed by atoms with Gasteiger partial charge in [0.25, 0.3) is 0 Å². The molecule has 2 rings (SSSR count). The number of nitrogens with one attached hydrogen (secondary N) is 1. The Balaban J connectivity index is 1.98. The molecule has 0 saturated heterocycles. The average molecular weight is 293 g/mol. The molecule has 1 N–H and O–H groups in total. The van der Waals surface area contributed by atoms with Crippen molar-refractivity contribution in [2.45, 2.75) is 32.1 Å². The van der Waals surface area contributed by atoms with Gasteiger partial charge in [0.2, 0.25) is 0 Å². The molecular weight excluding hydrogens is 275 g/mol. The van der Waals surface area contributed by atoms with Crippen LogP contribution in [0.15, 0.2) is 54.6 Å². The van der Waals surface area contributed by atoms with Gasteiger partial charge in [-0.15, -0.1) is 0 Å². The van der Waals surface area contributed by atoms with Crippen molar-refractivity contribution < 1.29 is 13.2 Å². The molecule has 0 aliphatic rings. The first-order valence-electron chi connectivity index (χ1n) is 6.89. The van der Waals surface area contributed by atoms with E-state index < -0.39 is 11.7 Å². The number of alkyl halides is 3. The molecular formula is C17H18F3N. The van der Waals surface area contributed by atoms with Gasteiger partial charge in [0.05, 0.1) is 5.56 Å². The van der Waals surface area contributed by atoms with Gasteiger partial charge in [0.1, 0.15) is 0 Å². The normalized spacial score (nSPS) is 13.1. The summed E-state index contributed by atoms with van der Waals surface area (Å²) in [6, 6.07) is 15.5. The number of benzene rings is 2. The lowest BCUT2D eigenvalue weighted by Crippen LogP contribution is -2.28. The molecule has 4 heteroatoms. The standard InChI is InChI=1S/C17H18F3N/c1-13(21-12-14-7-3-2-4-8-14)11-15-9-5-6-10-16(15)17(18,19)20/h2-10,13,21H,11-12H2,1H3. The van der Waals surface area contributed by atoms with Crippen molar-refractivity contribution in [2.24, 2.45) is 0 Å². The first-order valence-corrected chi connectivity index (χ1v) is 6.89. The van der Waals surface area contributed by atoms with Crippen molar-refractivity contribution >= 4 is 0 Å². The Morgan fingerprint density at radius 2 is 1.57 bits per heavy atom. The third-order valence-corrected chi connectivity index (χ3v) is 3.35. The van der Waals surface area contributed by atoms with Crippen LogP contribution in [0.2, 0.25) is 0 Å². The van der Waals surface area contributed by atoms with Crippen molar-refractivity contribution in [1.82, 2.24) is 5.32 Å². The van der Waals surface area contributed by atoms with Crippen LogP contribution in [-0.4, -0.2) is 6.04 Å². The van der Waals surface area contributed by atoms with E-state index in [-0.39, 0.29) is 6.04 Å². The highest BCUT2D eigenvalue weighted by Crippen LogP contribution is 2.32. The molecule has 0 fully saturated rings. The summed E-state index contributed by atoms with van der Waals surface area (Å²) in [7, 11) is 0. The molecule has 21 heavy (non-hydrogen) atoms. The van der Waals surface area contributed by atoms with E-state index in [1.165, 1.54) is 6.07 Å². The molecule has 0 heterocycles. The van der Waals surface area contributed by atoms with E-state index >= 15 is 0 Å². The van der Waals surface area contributed by atoms with E-state index in [0.717, 1.165) is 11.6 Å². The summed E-state index contributed by atoms with van der Waals surface area (Å²) in [5.41, 5.74) is 0.907. The Labute approximate surface area is 122 Å². The second-order valence-electron chi connectivity index (χ2n) is 5.13. The summed E-state index contributed by atoms with van der Waals surface area (Å²) in [6.07, 6.45) is -3.95. The lowest BCUT2D eigenvalue weighted by Gasteiger charge is -2.17. The fourth-order valence-corrected chi connectivity index (χ4v) is 2.26. The summed E-state index contributed by atoms with van der Waals surface area (Å²) in [5.74, 6) is 0. The quantitative estimate of drug-likeness (QED) is 0.860. The maximum Gasteiger partial charge on any atom is 0.416 e. The lowest BCUT2D eigenvalue weighted by molar-refractivity contribution is -0.138. The fourth-order valence-electron chi connectivity index (χ4n) is 2.26. The SMILES string of the molecule is CC(Cc1ccccc1C(F)(F)F)NCc1ccccc1. The molecule has 0 aromatic heterocycles. The van der Waals surface area contributed by atoms with E-state index in [1.54, 1.807) is 12.1 Å². The smallest absolute Gasteiger partial charge is 0.310 e. The van der Waals surface area contributed by atoms with E-state index in [0.29, 0.717) is 18.5 Å². The second-order valence-corrected chi connectivity index (χ2v) is 5.13. The van der Waals surface area contributed by atoms with Gasteiger partial charge in [-0.1, -0.05) is 48.5 Å². The predicted molar refractivity (Wildman–Crippen MR) is 77.9 cm³/mol. The molecule has 0 spiro atoms. The topological polar surface area (TPSA) is 12.0 Å². The van der Waals surface area contributed by atoms with Crippen molar-refractivity contribution in [2.75, 3.05) is 0 Å².